The Morgan fingerprint density at radius 2 is 2.12 bits per heavy atom. The first-order chi connectivity index (χ1) is 12.3. The van der Waals surface area contributed by atoms with Crippen molar-refractivity contribution in [3.63, 3.8) is 0 Å². The third-order valence-corrected chi connectivity index (χ3v) is 6.21. The molecule has 1 aliphatic carbocycles. The van der Waals surface area contributed by atoms with Crippen LogP contribution in [0.15, 0.2) is 6.20 Å². The van der Waals surface area contributed by atoms with Crippen molar-refractivity contribution in [2.45, 2.75) is 70.3 Å². The van der Waals surface area contributed by atoms with Gasteiger partial charge in [-0.05, 0) is 25.2 Å². The lowest BCUT2D eigenvalue weighted by Crippen LogP contribution is -2.39. The highest BCUT2D eigenvalue weighted by atomic mass is 16.2. The van der Waals surface area contributed by atoms with E-state index in [4.69, 9.17) is 4.98 Å². The molecular formula is C20H30N4O. The number of piperidine rings is 1. The number of amides is 1. The number of carbonyl (C=O) groups excluding carboxylic acids is 1. The summed E-state index contributed by atoms with van der Waals surface area (Å²) in [7, 11) is 0. The molecule has 25 heavy (non-hydrogen) atoms. The van der Waals surface area contributed by atoms with Crippen LogP contribution in [0.1, 0.15) is 74.4 Å². The summed E-state index contributed by atoms with van der Waals surface area (Å²) in [6.07, 6.45) is 12.3. The number of nitrogens with zero attached hydrogens (tertiary/aromatic N) is 3. The third-order valence-electron chi connectivity index (χ3n) is 6.21. The first-order valence-electron chi connectivity index (χ1n) is 10.1. The van der Waals surface area contributed by atoms with Crippen molar-refractivity contribution < 1.29 is 4.79 Å². The lowest BCUT2D eigenvalue weighted by atomic mass is 9.95. The Morgan fingerprint density at radius 1 is 1.24 bits per heavy atom. The summed E-state index contributed by atoms with van der Waals surface area (Å²) in [5.74, 6) is 2.40. The summed E-state index contributed by atoms with van der Waals surface area (Å²) in [5.41, 5.74) is 2.43. The number of fused-ring (bicyclic) bond motifs is 1. The second-order valence-corrected chi connectivity index (χ2v) is 7.99. The van der Waals surface area contributed by atoms with Crippen LogP contribution in [0.4, 0.5) is 0 Å². The van der Waals surface area contributed by atoms with Gasteiger partial charge in [0, 0.05) is 62.4 Å². The van der Waals surface area contributed by atoms with E-state index in [1.165, 1.54) is 36.9 Å². The normalized spacial score (nSPS) is 24.3. The third kappa shape index (κ3) is 4.02. The zero-order valence-corrected chi connectivity index (χ0v) is 15.2. The van der Waals surface area contributed by atoms with Gasteiger partial charge < -0.3 is 10.2 Å². The van der Waals surface area contributed by atoms with Crippen LogP contribution in [0.2, 0.25) is 0 Å². The number of nitrogens with one attached hydrogen (secondary N) is 1. The van der Waals surface area contributed by atoms with E-state index in [0.29, 0.717) is 11.8 Å². The molecule has 1 N–H and O–H groups in total. The average Bonchev–Trinajstić information content (AvgIpc) is 3.19. The smallest absolute Gasteiger partial charge is 0.222 e. The molecule has 0 unspecified atom stereocenters. The molecule has 2 aliphatic heterocycles. The predicted molar refractivity (Wildman–Crippen MR) is 97.2 cm³/mol. The second kappa shape index (κ2) is 7.81. The quantitative estimate of drug-likeness (QED) is 0.914. The van der Waals surface area contributed by atoms with Gasteiger partial charge in [-0.2, -0.15) is 0 Å². The molecule has 1 aromatic heterocycles. The van der Waals surface area contributed by atoms with Crippen molar-refractivity contribution in [2.75, 3.05) is 19.6 Å². The van der Waals surface area contributed by atoms with Gasteiger partial charge in [-0.3, -0.25) is 4.79 Å². The zero-order valence-electron chi connectivity index (χ0n) is 15.2. The topological polar surface area (TPSA) is 58.1 Å². The maximum absolute atomic E-state index is 12.6. The number of aromatic nitrogens is 2. The summed E-state index contributed by atoms with van der Waals surface area (Å²) in [6.45, 7) is 3.60. The van der Waals surface area contributed by atoms with Gasteiger partial charge >= 0.3 is 0 Å². The Morgan fingerprint density at radius 3 is 3.00 bits per heavy atom. The van der Waals surface area contributed by atoms with Crippen LogP contribution in [0.25, 0.3) is 0 Å². The minimum atomic E-state index is 0.310. The number of rotatable bonds is 4. The van der Waals surface area contributed by atoms with E-state index in [0.717, 1.165) is 70.0 Å². The van der Waals surface area contributed by atoms with E-state index in [-0.39, 0.29) is 0 Å². The first kappa shape index (κ1) is 17.0. The summed E-state index contributed by atoms with van der Waals surface area (Å²) >= 11 is 0. The highest BCUT2D eigenvalue weighted by molar-refractivity contribution is 5.76. The van der Waals surface area contributed by atoms with Crippen molar-refractivity contribution in [2.24, 2.45) is 5.92 Å². The fourth-order valence-corrected chi connectivity index (χ4v) is 4.65. The molecule has 5 nitrogen and oxygen atoms in total. The molecule has 3 aliphatic rings. The first-order valence-corrected chi connectivity index (χ1v) is 10.1. The van der Waals surface area contributed by atoms with Gasteiger partial charge in [-0.25, -0.2) is 9.97 Å². The fraction of sp³-hybridized carbons (Fsp3) is 0.750. The van der Waals surface area contributed by atoms with Crippen LogP contribution in [-0.2, 0) is 17.8 Å². The molecule has 1 amide bonds. The van der Waals surface area contributed by atoms with E-state index < -0.39 is 0 Å². The molecule has 1 saturated heterocycles. The molecule has 0 aromatic carbocycles. The van der Waals surface area contributed by atoms with Gasteiger partial charge in [0.25, 0.3) is 0 Å². The molecule has 0 radical (unpaired) electrons. The monoisotopic (exact) mass is 342 g/mol. The standard InChI is InChI=1S/C20H30N4O/c25-19(8-7-15-4-1-2-5-15)24-11-3-6-16(14-24)20-22-13-17-12-21-10-9-18(17)23-20/h13,15-16,21H,1-12,14H2/t16-/m1/s1. The minimum Gasteiger partial charge on any atom is -0.342 e. The van der Waals surface area contributed by atoms with Gasteiger partial charge in [-0.1, -0.05) is 25.7 Å². The molecule has 3 heterocycles. The predicted octanol–water partition coefficient (Wildman–Crippen LogP) is 2.80. The van der Waals surface area contributed by atoms with Crippen LogP contribution >= 0.6 is 0 Å². The largest absolute Gasteiger partial charge is 0.342 e. The van der Waals surface area contributed by atoms with E-state index in [2.05, 4.69) is 15.2 Å². The van der Waals surface area contributed by atoms with Crippen molar-refractivity contribution in [1.82, 2.24) is 20.2 Å². The second-order valence-electron chi connectivity index (χ2n) is 7.99. The number of carbonyl (C=O) groups is 1. The zero-order chi connectivity index (χ0) is 17.1. The summed E-state index contributed by atoms with van der Waals surface area (Å²) < 4.78 is 0. The molecule has 1 aromatic rings. The van der Waals surface area contributed by atoms with E-state index >= 15 is 0 Å². The van der Waals surface area contributed by atoms with Gasteiger partial charge in [-0.15, -0.1) is 0 Å². The van der Waals surface area contributed by atoms with Gasteiger partial charge in [0.1, 0.15) is 5.82 Å². The van der Waals surface area contributed by atoms with E-state index in [1.54, 1.807) is 0 Å². The van der Waals surface area contributed by atoms with Crippen molar-refractivity contribution >= 4 is 5.91 Å². The molecule has 136 valence electrons. The van der Waals surface area contributed by atoms with Crippen LogP contribution in [0.5, 0.6) is 0 Å². The molecule has 1 atom stereocenters. The number of hydrogen-bond donors (Lipinski definition) is 1. The molecule has 0 spiro atoms. The van der Waals surface area contributed by atoms with Crippen LogP contribution in [0.3, 0.4) is 0 Å². The molecule has 5 heteroatoms. The lowest BCUT2D eigenvalue weighted by molar-refractivity contribution is -0.132. The maximum atomic E-state index is 12.6. The molecule has 1 saturated carbocycles. The van der Waals surface area contributed by atoms with Crippen LogP contribution in [-0.4, -0.2) is 40.4 Å². The molecule has 0 bridgehead atoms. The Bertz CT molecular complexity index is 612. The van der Waals surface area contributed by atoms with Crippen molar-refractivity contribution in [1.29, 1.82) is 0 Å². The fourth-order valence-electron chi connectivity index (χ4n) is 4.65. The van der Waals surface area contributed by atoms with Gasteiger partial charge in [0.2, 0.25) is 5.91 Å². The Labute approximate surface area is 150 Å². The summed E-state index contributed by atoms with van der Waals surface area (Å²) in [5, 5.41) is 3.37. The molecular weight excluding hydrogens is 312 g/mol. The van der Waals surface area contributed by atoms with E-state index in [1.807, 2.05) is 6.20 Å². The van der Waals surface area contributed by atoms with E-state index in [9.17, 15) is 4.79 Å². The molecule has 2 fully saturated rings. The summed E-state index contributed by atoms with van der Waals surface area (Å²) in [6, 6.07) is 0. The van der Waals surface area contributed by atoms with Gasteiger partial charge in [0.05, 0.1) is 0 Å². The summed E-state index contributed by atoms with van der Waals surface area (Å²) in [4.78, 5) is 24.2. The molecule has 4 rings (SSSR count). The lowest BCUT2D eigenvalue weighted by Gasteiger charge is -2.32. The SMILES string of the molecule is O=C(CCC1CCCC1)N1CCC[C@@H](c2ncc3c(n2)CCNC3)C1. The van der Waals surface area contributed by atoms with Gasteiger partial charge in [0.15, 0.2) is 0 Å². The maximum Gasteiger partial charge on any atom is 0.222 e. The number of hydrogen-bond acceptors (Lipinski definition) is 4. The Balaban J connectivity index is 1.36. The average molecular weight is 342 g/mol. The highest BCUT2D eigenvalue weighted by Crippen LogP contribution is 2.30. The highest BCUT2D eigenvalue weighted by Gasteiger charge is 2.27. The van der Waals surface area contributed by atoms with Crippen molar-refractivity contribution in [3.8, 4) is 0 Å². The van der Waals surface area contributed by atoms with Crippen LogP contribution in [0, 0.1) is 5.92 Å². The Kier molecular flexibility index (Phi) is 5.30. The van der Waals surface area contributed by atoms with Crippen LogP contribution < -0.4 is 5.32 Å². The number of likely N-dealkylation sites (tertiary alicyclic amines) is 1. The van der Waals surface area contributed by atoms with Crippen molar-refractivity contribution in [3.05, 3.63) is 23.3 Å². The Hall–Kier alpha value is -1.49. The minimum absolute atomic E-state index is 0.310.